The van der Waals surface area contributed by atoms with Crippen molar-refractivity contribution in [2.75, 3.05) is 6.61 Å². The molecule has 0 bridgehead atoms. The normalized spacial score (nSPS) is 15.6. The topological polar surface area (TPSA) is 89.9 Å². The number of amides is 1. The number of benzene rings is 2. The molecule has 2 aromatic heterocycles. The lowest BCUT2D eigenvalue weighted by atomic mass is 10.0. The molecule has 0 saturated heterocycles. The maximum absolute atomic E-state index is 13.0. The van der Waals surface area contributed by atoms with Gasteiger partial charge in [-0.3, -0.25) is 9.59 Å². The minimum atomic E-state index is -0.540. The van der Waals surface area contributed by atoms with Crippen LogP contribution in [0, 0.1) is 0 Å². The Hall–Kier alpha value is -3.91. The van der Waals surface area contributed by atoms with Crippen LogP contribution in [0.4, 0.5) is 0 Å². The highest BCUT2D eigenvalue weighted by Crippen LogP contribution is 2.33. The Kier molecular flexibility index (Phi) is 5.66. The lowest BCUT2D eigenvalue weighted by Crippen LogP contribution is -2.31. The predicted octanol–water partition coefficient (Wildman–Crippen LogP) is 4.20. The number of para-hydroxylation sites is 2. The van der Waals surface area contributed by atoms with E-state index in [0.29, 0.717) is 17.2 Å². The van der Waals surface area contributed by atoms with E-state index in [-0.39, 0.29) is 6.54 Å². The summed E-state index contributed by atoms with van der Waals surface area (Å²) in [4.78, 5) is 29.6. The van der Waals surface area contributed by atoms with Crippen molar-refractivity contribution < 1.29 is 18.7 Å². The molecule has 1 atom stereocenters. The van der Waals surface area contributed by atoms with Gasteiger partial charge in [0.05, 0.1) is 29.3 Å². The number of imidazole rings is 1. The van der Waals surface area contributed by atoms with Crippen molar-refractivity contribution in [1.29, 1.82) is 0 Å². The molecule has 3 heterocycles. The van der Waals surface area contributed by atoms with Gasteiger partial charge in [0, 0.05) is 11.4 Å². The predicted molar refractivity (Wildman–Crippen MR) is 122 cm³/mol. The maximum atomic E-state index is 13.0. The summed E-state index contributed by atoms with van der Waals surface area (Å²) in [5.74, 6) is -0.376. The molecule has 0 spiro atoms. The van der Waals surface area contributed by atoms with Crippen LogP contribution in [0.5, 0.6) is 0 Å². The van der Waals surface area contributed by atoms with E-state index in [4.69, 9.17) is 20.8 Å². The van der Waals surface area contributed by atoms with Gasteiger partial charge in [-0.2, -0.15) is 5.10 Å². The Morgan fingerprint density at radius 3 is 2.70 bits per heavy atom. The SMILES string of the molecule is O=C(Cn1cnc2ccccc21)OCC(=O)N1N=C(c2ccc(Cl)cc2)CC1c1ccco1. The summed E-state index contributed by atoms with van der Waals surface area (Å²) in [6.45, 7) is -0.477. The van der Waals surface area contributed by atoms with Crippen LogP contribution in [0.3, 0.4) is 0 Å². The molecule has 166 valence electrons. The molecule has 1 aliphatic heterocycles. The Morgan fingerprint density at radius 1 is 1.09 bits per heavy atom. The molecule has 33 heavy (non-hydrogen) atoms. The van der Waals surface area contributed by atoms with Gasteiger partial charge in [0.1, 0.15) is 18.3 Å². The average Bonchev–Trinajstić information content (AvgIpc) is 3.58. The number of halogens is 1. The van der Waals surface area contributed by atoms with Crippen LogP contribution < -0.4 is 0 Å². The second-order valence-corrected chi connectivity index (χ2v) is 7.99. The van der Waals surface area contributed by atoms with Crippen molar-refractivity contribution in [2.45, 2.75) is 19.0 Å². The van der Waals surface area contributed by atoms with E-state index in [0.717, 1.165) is 22.3 Å². The van der Waals surface area contributed by atoms with Gasteiger partial charge < -0.3 is 13.7 Å². The van der Waals surface area contributed by atoms with E-state index in [1.54, 1.807) is 41.4 Å². The molecule has 9 heteroatoms. The van der Waals surface area contributed by atoms with Crippen molar-refractivity contribution in [3.63, 3.8) is 0 Å². The molecule has 5 rings (SSSR count). The lowest BCUT2D eigenvalue weighted by molar-refractivity contribution is -0.153. The second-order valence-electron chi connectivity index (χ2n) is 7.55. The van der Waals surface area contributed by atoms with Crippen molar-refractivity contribution in [3.8, 4) is 0 Å². The van der Waals surface area contributed by atoms with Crippen LogP contribution in [0.2, 0.25) is 5.02 Å². The third kappa shape index (κ3) is 4.38. The molecule has 0 saturated carbocycles. The number of hydrazone groups is 1. The number of esters is 1. The standard InChI is InChI=1S/C24H19ClN4O4/c25-17-9-7-16(8-10-17)19-12-21(22-6-3-11-32-22)29(27-19)23(30)14-33-24(31)13-28-15-26-18-4-1-2-5-20(18)28/h1-11,15,21H,12-14H2. The van der Waals surface area contributed by atoms with Crippen LogP contribution in [0.25, 0.3) is 11.0 Å². The molecule has 4 aromatic rings. The third-order valence-corrected chi connectivity index (χ3v) is 5.65. The maximum Gasteiger partial charge on any atom is 0.326 e. The fraction of sp³-hybridized carbons (Fsp3) is 0.167. The quantitative estimate of drug-likeness (QED) is 0.400. The Bertz CT molecular complexity index is 1330. The number of ether oxygens (including phenoxy) is 1. The van der Waals surface area contributed by atoms with Crippen LogP contribution in [-0.4, -0.2) is 38.8 Å². The molecule has 0 aliphatic carbocycles. The summed E-state index contributed by atoms with van der Waals surface area (Å²) < 4.78 is 12.5. The highest BCUT2D eigenvalue weighted by Gasteiger charge is 2.35. The number of fused-ring (bicyclic) bond motifs is 1. The molecular formula is C24H19ClN4O4. The number of aromatic nitrogens is 2. The molecule has 2 aromatic carbocycles. The largest absolute Gasteiger partial charge is 0.467 e. The molecule has 0 N–H and O–H groups in total. The molecule has 0 fully saturated rings. The zero-order valence-corrected chi connectivity index (χ0v) is 18.2. The second kappa shape index (κ2) is 8.91. The zero-order chi connectivity index (χ0) is 22.8. The van der Waals surface area contributed by atoms with Crippen LogP contribution in [0.15, 0.2) is 82.8 Å². The van der Waals surface area contributed by atoms with Crippen molar-refractivity contribution >= 4 is 40.2 Å². The molecule has 1 unspecified atom stereocenters. The average molecular weight is 463 g/mol. The van der Waals surface area contributed by atoms with Crippen molar-refractivity contribution in [1.82, 2.24) is 14.6 Å². The summed E-state index contributed by atoms with van der Waals surface area (Å²) in [7, 11) is 0. The van der Waals surface area contributed by atoms with E-state index >= 15 is 0 Å². The molecular weight excluding hydrogens is 444 g/mol. The number of hydrogen-bond acceptors (Lipinski definition) is 6. The summed E-state index contributed by atoms with van der Waals surface area (Å²) in [6, 6.07) is 17.8. The first-order chi connectivity index (χ1) is 16.1. The first-order valence-electron chi connectivity index (χ1n) is 10.3. The number of carbonyl (C=O) groups is 2. The number of nitrogens with zero attached hydrogens (tertiary/aromatic N) is 4. The third-order valence-electron chi connectivity index (χ3n) is 5.40. The van der Waals surface area contributed by atoms with Gasteiger partial charge >= 0.3 is 5.97 Å². The summed E-state index contributed by atoms with van der Waals surface area (Å²) in [5.41, 5.74) is 3.17. The van der Waals surface area contributed by atoms with Gasteiger partial charge in [0.25, 0.3) is 5.91 Å². The fourth-order valence-corrected chi connectivity index (χ4v) is 3.91. The number of rotatable bonds is 6. The number of furan rings is 1. The van der Waals surface area contributed by atoms with E-state index in [1.165, 1.54) is 5.01 Å². The Balaban J connectivity index is 1.28. The van der Waals surface area contributed by atoms with E-state index in [2.05, 4.69) is 10.1 Å². The minimum Gasteiger partial charge on any atom is -0.467 e. The minimum absolute atomic E-state index is 0.0469. The molecule has 8 nitrogen and oxygen atoms in total. The Labute approximate surface area is 194 Å². The smallest absolute Gasteiger partial charge is 0.326 e. The molecule has 1 amide bonds. The summed E-state index contributed by atoms with van der Waals surface area (Å²) in [6.07, 6.45) is 3.59. The van der Waals surface area contributed by atoms with Gasteiger partial charge in [-0.15, -0.1) is 0 Å². The summed E-state index contributed by atoms with van der Waals surface area (Å²) >= 11 is 5.99. The first-order valence-corrected chi connectivity index (χ1v) is 10.7. The van der Waals surface area contributed by atoms with Gasteiger partial charge in [0.15, 0.2) is 6.61 Å². The molecule has 0 radical (unpaired) electrons. The van der Waals surface area contributed by atoms with Crippen molar-refractivity contribution in [3.05, 3.63) is 89.6 Å². The monoisotopic (exact) mass is 462 g/mol. The van der Waals surface area contributed by atoms with E-state index < -0.39 is 24.5 Å². The fourth-order valence-electron chi connectivity index (χ4n) is 3.79. The summed E-state index contributed by atoms with van der Waals surface area (Å²) in [5, 5.41) is 6.45. The number of carbonyl (C=O) groups excluding carboxylic acids is 2. The van der Waals surface area contributed by atoms with E-state index in [1.807, 2.05) is 36.4 Å². The highest BCUT2D eigenvalue weighted by atomic mass is 35.5. The zero-order valence-electron chi connectivity index (χ0n) is 17.4. The van der Waals surface area contributed by atoms with Gasteiger partial charge in [-0.1, -0.05) is 35.9 Å². The lowest BCUT2D eigenvalue weighted by Gasteiger charge is -2.19. The highest BCUT2D eigenvalue weighted by molar-refractivity contribution is 6.30. The van der Waals surface area contributed by atoms with Crippen LogP contribution in [0.1, 0.15) is 23.8 Å². The van der Waals surface area contributed by atoms with Crippen LogP contribution >= 0.6 is 11.6 Å². The van der Waals surface area contributed by atoms with Gasteiger partial charge in [0.2, 0.25) is 0 Å². The first kappa shape index (κ1) is 21.0. The molecule has 1 aliphatic rings. The van der Waals surface area contributed by atoms with Gasteiger partial charge in [-0.05, 0) is 42.0 Å². The van der Waals surface area contributed by atoms with Crippen molar-refractivity contribution in [2.24, 2.45) is 5.10 Å². The number of hydrogen-bond donors (Lipinski definition) is 0. The van der Waals surface area contributed by atoms with E-state index in [9.17, 15) is 9.59 Å². The van der Waals surface area contributed by atoms with Gasteiger partial charge in [-0.25, -0.2) is 9.99 Å². The Morgan fingerprint density at radius 2 is 1.91 bits per heavy atom. The van der Waals surface area contributed by atoms with Crippen LogP contribution in [-0.2, 0) is 20.9 Å².